The van der Waals surface area contributed by atoms with Gasteiger partial charge in [0, 0.05) is 169 Å². The third-order valence-corrected chi connectivity index (χ3v) is 23.1. The van der Waals surface area contributed by atoms with Crippen molar-refractivity contribution in [2.24, 2.45) is 0 Å². The predicted molar refractivity (Wildman–Crippen MR) is 386 cm³/mol. The van der Waals surface area contributed by atoms with Gasteiger partial charge < -0.3 is 56.8 Å². The van der Waals surface area contributed by atoms with Crippen molar-refractivity contribution in [1.82, 2.24) is 0 Å². The van der Waals surface area contributed by atoms with E-state index in [2.05, 4.69) is 0 Å². The van der Waals surface area contributed by atoms with Crippen LogP contribution >= 0.6 is 64.1 Å². The summed E-state index contributed by atoms with van der Waals surface area (Å²) in [5, 5.41) is 0. The van der Waals surface area contributed by atoms with Crippen LogP contribution in [-0.2, 0) is 150 Å². The zero-order chi connectivity index (χ0) is 80.0. The van der Waals surface area contributed by atoms with Crippen molar-refractivity contribution in [2.45, 2.75) is 109 Å². The largest absolute Gasteiger partial charge is 0.481 e. The first-order valence-electron chi connectivity index (χ1n) is 31.8. The van der Waals surface area contributed by atoms with E-state index in [1.165, 1.54) is 41.5 Å². The molecule has 1 aliphatic carbocycles. The predicted octanol–water partition coefficient (Wildman–Crippen LogP) is 8.76. The summed E-state index contributed by atoms with van der Waals surface area (Å²) in [5.74, 6) is -9.40. The highest BCUT2D eigenvalue weighted by atomic mass is 35.7. The van der Waals surface area contributed by atoms with Gasteiger partial charge in [0.2, 0.25) is 0 Å². The van der Waals surface area contributed by atoms with Crippen LogP contribution in [-0.4, -0.2) is 166 Å². The zero-order valence-corrected chi connectivity index (χ0v) is 67.1. The molecule has 1 aliphatic rings. The standard InChI is InChI=1S/C66H66Cl6O30S6/c1-7-91-55(73)31-97-61-37-13-39-21-50(104(68,81)82)23-41(62(39)98-32-56(74)92-8-2)15-43-25-52(106(70,85)86)27-45(64(43)100-34-58(76)94-10-4)17-47-29-54(108(72,89)90)30-48(66(47)102-36-60(78)96-12-6)18-46-28-53(107(71,87)88)26-44(65(46)101-35-59(77)95-11-5)16-42-24-51(105(69,83)84)22-40(63(42)99-33-57(75)93-9-3)14-38(61)20-49(19-37)103(67,79)80/h19-30H,7-18,31-36H2,1-6H3. The lowest BCUT2D eigenvalue weighted by molar-refractivity contribution is -0.146. The molecule has 6 aromatic carbocycles. The number of esters is 6. The van der Waals surface area contributed by atoms with E-state index >= 15 is 0 Å². The average Bonchev–Trinajstić information content (AvgIpc) is 0.767. The summed E-state index contributed by atoms with van der Waals surface area (Å²) in [6.45, 7) is 1.11. The van der Waals surface area contributed by atoms with Gasteiger partial charge in [0.25, 0.3) is 54.3 Å². The molecule has 588 valence electrons. The van der Waals surface area contributed by atoms with Gasteiger partial charge in [0.1, 0.15) is 34.5 Å². The van der Waals surface area contributed by atoms with Crippen LogP contribution in [0.2, 0.25) is 0 Å². The monoisotopic (exact) mass is 1740 g/mol. The average molecular weight is 1740 g/mol. The highest BCUT2D eigenvalue weighted by Crippen LogP contribution is 2.45. The van der Waals surface area contributed by atoms with Crippen molar-refractivity contribution in [3.05, 3.63) is 140 Å². The van der Waals surface area contributed by atoms with E-state index in [9.17, 15) is 79.3 Å². The third-order valence-electron chi connectivity index (χ3n) is 15.1. The Hall–Kier alpha value is -7.62. The van der Waals surface area contributed by atoms with Gasteiger partial charge in [-0.2, -0.15) is 0 Å². The fraction of sp³-hybridized carbons (Fsp3) is 0.364. The first kappa shape index (κ1) is 87.6. The Balaban J connectivity index is 1.83. The number of halogens is 6. The maximum Gasteiger partial charge on any atom is 0.344 e. The van der Waals surface area contributed by atoms with E-state index in [1.807, 2.05) is 0 Å². The van der Waals surface area contributed by atoms with Crippen LogP contribution in [0.25, 0.3) is 0 Å². The number of hydrogen-bond acceptors (Lipinski definition) is 30. The third kappa shape index (κ3) is 24.2. The first-order valence-corrected chi connectivity index (χ1v) is 45.7. The second-order valence-electron chi connectivity index (χ2n) is 22.7. The number of hydrogen-bond donors (Lipinski definition) is 0. The number of carbonyl (C=O) groups is 6. The molecule has 30 nitrogen and oxygen atoms in total. The van der Waals surface area contributed by atoms with Crippen LogP contribution in [0.4, 0.5) is 0 Å². The molecule has 0 saturated heterocycles. The Kier molecular flexibility index (Phi) is 30.3. The fourth-order valence-electron chi connectivity index (χ4n) is 11.1. The molecule has 0 spiro atoms. The molecule has 6 aromatic rings. The molecule has 0 fully saturated rings. The van der Waals surface area contributed by atoms with Crippen LogP contribution < -0.4 is 28.4 Å². The minimum absolute atomic E-state index is 0.231. The molecule has 0 aliphatic heterocycles. The summed E-state index contributed by atoms with van der Waals surface area (Å²) in [7, 11) is 7.04. The van der Waals surface area contributed by atoms with Crippen molar-refractivity contribution in [3.63, 3.8) is 0 Å². The van der Waals surface area contributed by atoms with Gasteiger partial charge in [0.05, 0.1) is 69.0 Å². The van der Waals surface area contributed by atoms with Crippen molar-refractivity contribution >= 4 is 154 Å². The fourth-order valence-corrected chi connectivity index (χ4v) is 16.1. The highest BCUT2D eigenvalue weighted by molar-refractivity contribution is 8.15. The summed E-state index contributed by atoms with van der Waals surface area (Å²) in [6.07, 6.45) is -5.22. The second kappa shape index (κ2) is 37.4. The molecule has 0 amide bonds. The molecule has 0 saturated carbocycles. The molecular formula is C66H66Cl6O30S6. The van der Waals surface area contributed by atoms with Crippen LogP contribution in [0.1, 0.15) is 108 Å². The van der Waals surface area contributed by atoms with Gasteiger partial charge in [0.15, 0.2) is 39.6 Å². The molecule has 42 heteroatoms. The van der Waals surface area contributed by atoms with E-state index in [0.29, 0.717) is 0 Å². The summed E-state index contributed by atoms with van der Waals surface area (Å²) < 4.78 is 236. The number of carbonyl (C=O) groups excluding carboxylic acids is 6. The van der Waals surface area contributed by atoms with Crippen LogP contribution in [0.3, 0.4) is 0 Å². The molecule has 0 unspecified atom stereocenters. The zero-order valence-electron chi connectivity index (χ0n) is 57.6. The normalized spacial score (nSPS) is 12.8. The molecule has 0 heterocycles. The smallest absolute Gasteiger partial charge is 0.344 e. The van der Waals surface area contributed by atoms with Gasteiger partial charge in [-0.1, -0.05) is 0 Å². The van der Waals surface area contributed by atoms with Gasteiger partial charge in [-0.05, 0) is 114 Å². The van der Waals surface area contributed by atoms with Crippen molar-refractivity contribution in [2.75, 3.05) is 79.3 Å². The molecule has 12 bridgehead atoms. The molecule has 108 heavy (non-hydrogen) atoms. The number of ether oxygens (including phenoxy) is 12. The second-order valence-corrected chi connectivity index (χ2v) is 38.1. The van der Waals surface area contributed by atoms with E-state index in [1.54, 1.807) is 0 Å². The number of fused-ring (bicyclic) bond motifs is 12. The van der Waals surface area contributed by atoms with E-state index < -0.39 is 232 Å². The number of rotatable bonds is 30. The Bertz CT molecular complexity index is 4260. The summed E-state index contributed by atoms with van der Waals surface area (Å²) in [5.41, 5.74) is -4.62. The van der Waals surface area contributed by atoms with Gasteiger partial charge in [-0.3, -0.25) is 0 Å². The van der Waals surface area contributed by atoms with Crippen molar-refractivity contribution in [3.8, 4) is 34.5 Å². The lowest BCUT2D eigenvalue weighted by Gasteiger charge is -2.24. The lowest BCUT2D eigenvalue weighted by Crippen LogP contribution is -2.19. The summed E-state index contributed by atoms with van der Waals surface area (Å²) in [4.78, 5) is 75.8. The first-order chi connectivity index (χ1) is 50.5. The van der Waals surface area contributed by atoms with Gasteiger partial charge in [-0.25, -0.2) is 79.3 Å². The van der Waals surface area contributed by atoms with E-state index in [4.69, 9.17) is 121 Å². The molecule has 7 rings (SSSR count). The van der Waals surface area contributed by atoms with Crippen LogP contribution in [0.5, 0.6) is 34.5 Å². The molecule has 0 atom stereocenters. The maximum atomic E-state index is 13.9. The minimum atomic E-state index is -5.02. The van der Waals surface area contributed by atoms with E-state index in [-0.39, 0.29) is 106 Å². The summed E-state index contributed by atoms with van der Waals surface area (Å²) >= 11 is 0. The summed E-state index contributed by atoms with van der Waals surface area (Å²) in [6, 6.07) is 10.7. The van der Waals surface area contributed by atoms with Crippen LogP contribution in [0.15, 0.2) is 102 Å². The quantitative estimate of drug-likeness (QED) is 0.0230. The van der Waals surface area contributed by atoms with Gasteiger partial charge in [-0.15, -0.1) is 0 Å². The van der Waals surface area contributed by atoms with Crippen molar-refractivity contribution in [1.29, 1.82) is 0 Å². The molecule has 0 N–H and O–H groups in total. The Morgan fingerprint density at radius 1 is 0.231 bits per heavy atom. The maximum absolute atomic E-state index is 13.9. The van der Waals surface area contributed by atoms with E-state index in [0.717, 1.165) is 72.8 Å². The Morgan fingerprint density at radius 3 is 0.417 bits per heavy atom. The molecule has 0 radical (unpaired) electrons. The Morgan fingerprint density at radius 2 is 0.333 bits per heavy atom. The highest BCUT2D eigenvalue weighted by Gasteiger charge is 2.33. The van der Waals surface area contributed by atoms with Crippen LogP contribution in [0, 0.1) is 0 Å². The molecule has 0 aromatic heterocycles. The minimum Gasteiger partial charge on any atom is -0.481 e. The van der Waals surface area contributed by atoms with Gasteiger partial charge >= 0.3 is 35.8 Å². The lowest BCUT2D eigenvalue weighted by atomic mass is 9.91. The topological polar surface area (TPSA) is 418 Å². The SMILES string of the molecule is CCOC(=O)COc1c2cc(S(=O)(=O)Cl)cc1Cc1cc(S(=O)(=O)Cl)cc(c1OCC(=O)OCC)Cc1cc(S(=O)(=O)Cl)cc(c1OCC(=O)OCC)Cc1cc(S(=O)(=O)Cl)cc(c1OCC(=O)OCC)Cc1cc(S(=O)(=O)Cl)cc(c1OCC(=O)OCC)Cc1cc(S(=O)(=O)Cl)cc(c1OCC(=O)OCC)C2. The Labute approximate surface area is 648 Å². The number of benzene rings is 6. The van der Waals surface area contributed by atoms with Crippen molar-refractivity contribution < 1.29 is 136 Å². The molecular weight excluding hydrogens is 1680 g/mol.